The van der Waals surface area contributed by atoms with Gasteiger partial charge in [-0.1, -0.05) is 17.7 Å². The molecule has 8 heteroatoms. The van der Waals surface area contributed by atoms with Crippen LogP contribution in [0.1, 0.15) is 18.9 Å². The van der Waals surface area contributed by atoms with Gasteiger partial charge in [0.05, 0.1) is 17.1 Å². The number of carbonyl (C=O) groups is 2. The molecule has 1 amide bonds. The first-order chi connectivity index (χ1) is 8.62. The Kier molecular flexibility index (Phi) is 4.67. The molecule has 1 aromatic carbocycles. The van der Waals surface area contributed by atoms with E-state index in [1.165, 1.54) is 13.0 Å². The lowest BCUT2D eigenvalue weighted by Crippen LogP contribution is -2.16. The van der Waals surface area contributed by atoms with Gasteiger partial charge < -0.3 is 5.32 Å². The molecule has 0 atom stereocenters. The van der Waals surface area contributed by atoms with Crippen molar-refractivity contribution >= 4 is 39.1 Å². The minimum atomic E-state index is -4.48. The van der Waals surface area contributed by atoms with Crippen molar-refractivity contribution in [2.45, 2.75) is 25.2 Å². The summed E-state index contributed by atoms with van der Waals surface area (Å²) in [5, 5.41) is 2.06. The smallest absolute Gasteiger partial charge is 0.296 e. The van der Waals surface area contributed by atoms with Crippen molar-refractivity contribution < 1.29 is 22.6 Å². The second kappa shape index (κ2) is 5.68. The summed E-state index contributed by atoms with van der Waals surface area (Å²) in [6.07, 6.45) is -0.341. The van der Waals surface area contributed by atoms with Crippen molar-refractivity contribution in [1.29, 1.82) is 0 Å². The largest absolute Gasteiger partial charge is 0.324 e. The number of hydrogen-bond acceptors (Lipinski definition) is 4. The summed E-state index contributed by atoms with van der Waals surface area (Å²) in [5.41, 5.74) is 0.567. The zero-order valence-corrected chi connectivity index (χ0v) is 11.8. The van der Waals surface area contributed by atoms with Crippen LogP contribution in [0.4, 0.5) is 5.69 Å². The van der Waals surface area contributed by atoms with Crippen LogP contribution < -0.4 is 5.32 Å². The molecule has 1 rings (SSSR count). The van der Waals surface area contributed by atoms with Gasteiger partial charge >= 0.3 is 0 Å². The van der Waals surface area contributed by atoms with E-state index in [1.807, 2.05) is 0 Å². The minimum absolute atomic E-state index is 0.0584. The van der Waals surface area contributed by atoms with Crippen LogP contribution in [0.15, 0.2) is 17.0 Å². The molecule has 104 valence electrons. The van der Waals surface area contributed by atoms with Crippen molar-refractivity contribution in [3.63, 3.8) is 0 Å². The molecule has 19 heavy (non-hydrogen) atoms. The van der Waals surface area contributed by atoms with E-state index in [0.717, 1.165) is 6.07 Å². The molecule has 0 fully saturated rings. The van der Waals surface area contributed by atoms with Gasteiger partial charge in [-0.05, 0) is 25.5 Å². The summed E-state index contributed by atoms with van der Waals surface area (Å²) in [6.45, 7) is 2.85. The van der Waals surface area contributed by atoms with Crippen LogP contribution in [0.5, 0.6) is 0 Å². The molecule has 0 spiro atoms. The van der Waals surface area contributed by atoms with Gasteiger partial charge in [0.25, 0.3) is 10.1 Å². The summed E-state index contributed by atoms with van der Waals surface area (Å²) < 4.78 is 31.2. The number of aryl methyl sites for hydroxylation is 1. The summed E-state index contributed by atoms with van der Waals surface area (Å²) in [4.78, 5) is 21.8. The number of nitrogens with one attached hydrogen (secondary N) is 1. The third-order valence-corrected chi connectivity index (χ3v) is 3.67. The molecular weight excluding hydrogens is 294 g/mol. The average molecular weight is 306 g/mol. The summed E-state index contributed by atoms with van der Waals surface area (Å²) in [7, 11) is -4.48. The van der Waals surface area contributed by atoms with Crippen molar-refractivity contribution in [3.05, 3.63) is 22.7 Å². The molecule has 1 aromatic rings. The lowest BCUT2D eigenvalue weighted by molar-refractivity contribution is -0.124. The Morgan fingerprint density at radius 2 is 1.95 bits per heavy atom. The highest BCUT2D eigenvalue weighted by Crippen LogP contribution is 2.32. The highest BCUT2D eigenvalue weighted by molar-refractivity contribution is 7.86. The van der Waals surface area contributed by atoms with Gasteiger partial charge in [0.2, 0.25) is 5.91 Å². The number of carbonyl (C=O) groups excluding carboxylic acids is 2. The molecule has 0 heterocycles. The molecule has 0 aliphatic rings. The number of benzene rings is 1. The fourth-order valence-corrected chi connectivity index (χ4v) is 2.54. The maximum Gasteiger partial charge on any atom is 0.296 e. The predicted octanol–water partition coefficient (Wildman–Crippen LogP) is 1.81. The number of rotatable bonds is 4. The molecule has 6 nitrogen and oxygen atoms in total. The van der Waals surface area contributed by atoms with Gasteiger partial charge in [-0.2, -0.15) is 8.42 Å². The minimum Gasteiger partial charge on any atom is -0.324 e. The van der Waals surface area contributed by atoms with E-state index in [1.54, 1.807) is 6.92 Å². The number of ketones is 1. The van der Waals surface area contributed by atoms with Gasteiger partial charge in [-0.15, -0.1) is 0 Å². The highest BCUT2D eigenvalue weighted by Gasteiger charge is 2.20. The SMILES string of the molecule is CC(=O)CC(=O)Nc1c(C)ccc(S(=O)(=O)O)c1Cl. The van der Waals surface area contributed by atoms with Gasteiger partial charge in [0.15, 0.2) is 0 Å². The lowest BCUT2D eigenvalue weighted by Gasteiger charge is -2.12. The van der Waals surface area contributed by atoms with Crippen molar-refractivity contribution in [1.82, 2.24) is 0 Å². The summed E-state index contributed by atoms with van der Waals surface area (Å²) >= 11 is 5.84. The van der Waals surface area contributed by atoms with Crippen molar-refractivity contribution in [3.8, 4) is 0 Å². The van der Waals surface area contributed by atoms with Crippen LogP contribution in [0.2, 0.25) is 5.02 Å². The van der Waals surface area contributed by atoms with E-state index >= 15 is 0 Å². The van der Waals surface area contributed by atoms with Crippen LogP contribution in [0.25, 0.3) is 0 Å². The maximum absolute atomic E-state index is 11.5. The predicted molar refractivity (Wildman–Crippen MR) is 69.9 cm³/mol. The van der Waals surface area contributed by atoms with E-state index < -0.39 is 20.9 Å². The second-order valence-corrected chi connectivity index (χ2v) is 5.74. The number of halogens is 1. The number of amides is 1. The first-order valence-corrected chi connectivity index (χ1v) is 7.00. The normalized spacial score (nSPS) is 11.2. The third kappa shape index (κ3) is 4.02. The lowest BCUT2D eigenvalue weighted by atomic mass is 10.2. The second-order valence-electron chi connectivity index (χ2n) is 3.97. The van der Waals surface area contributed by atoms with E-state index in [2.05, 4.69) is 5.32 Å². The maximum atomic E-state index is 11.5. The molecule has 0 aromatic heterocycles. The molecule has 0 radical (unpaired) electrons. The van der Waals surface area contributed by atoms with Gasteiger partial charge in [0, 0.05) is 0 Å². The van der Waals surface area contributed by atoms with Crippen LogP contribution in [0, 0.1) is 6.92 Å². The first-order valence-electron chi connectivity index (χ1n) is 5.19. The zero-order valence-electron chi connectivity index (χ0n) is 10.2. The summed E-state index contributed by atoms with van der Waals surface area (Å²) in [6, 6.07) is 2.52. The molecule has 0 saturated carbocycles. The highest BCUT2D eigenvalue weighted by atomic mass is 35.5. The standard InChI is InChI=1S/C11H12ClNO5S/c1-6-3-4-8(19(16,17)18)10(12)11(6)13-9(15)5-7(2)14/h3-4H,5H2,1-2H3,(H,13,15)(H,16,17,18). The Labute approximate surface area is 115 Å². The summed E-state index contributed by atoms with van der Waals surface area (Å²) in [5.74, 6) is -0.942. The number of hydrogen-bond donors (Lipinski definition) is 2. The number of anilines is 1. The van der Waals surface area contributed by atoms with Gasteiger partial charge in [0.1, 0.15) is 10.7 Å². The van der Waals surface area contributed by atoms with E-state index in [9.17, 15) is 18.0 Å². The molecule has 2 N–H and O–H groups in total. The molecule has 0 bridgehead atoms. The molecule has 0 saturated heterocycles. The Balaban J connectivity index is 3.21. The Morgan fingerprint density at radius 1 is 1.37 bits per heavy atom. The van der Waals surface area contributed by atoms with E-state index in [0.29, 0.717) is 5.56 Å². The number of Topliss-reactive ketones (excluding diaryl/α,β-unsaturated/α-hetero) is 1. The molecular formula is C11H12ClNO5S. The van der Waals surface area contributed by atoms with Crippen LogP contribution in [0.3, 0.4) is 0 Å². The monoisotopic (exact) mass is 305 g/mol. The van der Waals surface area contributed by atoms with Crippen molar-refractivity contribution in [2.75, 3.05) is 5.32 Å². The third-order valence-electron chi connectivity index (χ3n) is 2.27. The molecule has 0 unspecified atom stereocenters. The molecule has 0 aliphatic carbocycles. The Hall–Kier alpha value is -1.44. The van der Waals surface area contributed by atoms with E-state index in [-0.39, 0.29) is 22.9 Å². The van der Waals surface area contributed by atoms with E-state index in [4.69, 9.17) is 16.2 Å². The van der Waals surface area contributed by atoms with Crippen LogP contribution >= 0.6 is 11.6 Å². The zero-order chi connectivity index (χ0) is 14.8. The van der Waals surface area contributed by atoms with Crippen LogP contribution in [-0.2, 0) is 19.7 Å². The Morgan fingerprint density at radius 3 is 2.42 bits per heavy atom. The van der Waals surface area contributed by atoms with Crippen molar-refractivity contribution in [2.24, 2.45) is 0 Å². The first kappa shape index (κ1) is 15.6. The molecule has 0 aliphatic heterocycles. The van der Waals surface area contributed by atoms with Gasteiger partial charge in [-0.3, -0.25) is 14.1 Å². The quantitative estimate of drug-likeness (QED) is 0.652. The fraction of sp³-hybridized carbons (Fsp3) is 0.273. The van der Waals surface area contributed by atoms with Crippen LogP contribution in [-0.4, -0.2) is 24.7 Å². The average Bonchev–Trinajstić information content (AvgIpc) is 2.21. The van der Waals surface area contributed by atoms with Gasteiger partial charge in [-0.25, -0.2) is 0 Å². The fourth-order valence-electron chi connectivity index (χ4n) is 1.42. The Bertz CT molecular complexity index is 639. The topological polar surface area (TPSA) is 101 Å².